The van der Waals surface area contributed by atoms with E-state index in [1.165, 1.54) is 10.6 Å². The van der Waals surface area contributed by atoms with Crippen molar-refractivity contribution in [3.8, 4) is 0 Å². The van der Waals surface area contributed by atoms with Crippen LogP contribution in [0.25, 0.3) is 4.96 Å². The number of hydrogen-bond donors (Lipinski definition) is 1. The predicted molar refractivity (Wildman–Crippen MR) is 94.5 cm³/mol. The third-order valence-electron chi connectivity index (χ3n) is 3.23. The van der Waals surface area contributed by atoms with Crippen molar-refractivity contribution in [3.05, 3.63) is 38.1 Å². The number of nitrogens with zero attached hydrogens (tertiary/aromatic N) is 3. The van der Waals surface area contributed by atoms with Crippen molar-refractivity contribution in [1.29, 1.82) is 0 Å². The van der Waals surface area contributed by atoms with Crippen molar-refractivity contribution < 1.29 is 0 Å². The normalized spacial score (nSPS) is 13.0. The second-order valence-electron chi connectivity index (χ2n) is 5.21. The van der Waals surface area contributed by atoms with E-state index in [1.807, 2.05) is 6.92 Å². The van der Waals surface area contributed by atoms with E-state index < -0.39 is 0 Å². The lowest BCUT2D eigenvalue weighted by atomic mass is 10.2. The highest BCUT2D eigenvalue weighted by molar-refractivity contribution is 9.10. The smallest absolute Gasteiger partial charge is 0.195 e. The molecule has 1 atom stereocenters. The molecule has 0 amide bonds. The van der Waals surface area contributed by atoms with Gasteiger partial charge in [0.05, 0.1) is 12.2 Å². The first-order valence-electron chi connectivity index (χ1n) is 6.68. The standard InChI is InChI=1S/C14H17BrN4S2/c1-9(16)5-12-13(17-14-19(12)3-4-20-14)18(2)7-11-6-10(15)8-21-11/h3-4,6,8-9H,5,7,16H2,1-2H3. The van der Waals surface area contributed by atoms with Crippen LogP contribution in [0.4, 0.5) is 5.82 Å². The van der Waals surface area contributed by atoms with E-state index in [4.69, 9.17) is 10.7 Å². The molecule has 0 saturated carbocycles. The highest BCUT2D eigenvalue weighted by Crippen LogP contribution is 2.28. The number of hydrogen-bond acceptors (Lipinski definition) is 5. The van der Waals surface area contributed by atoms with E-state index in [1.54, 1.807) is 22.7 Å². The summed E-state index contributed by atoms with van der Waals surface area (Å²) in [6.07, 6.45) is 2.90. The minimum atomic E-state index is 0.118. The quantitative estimate of drug-likeness (QED) is 0.728. The molecule has 0 aromatic carbocycles. The molecule has 0 aliphatic heterocycles. The van der Waals surface area contributed by atoms with Crippen molar-refractivity contribution in [2.75, 3.05) is 11.9 Å². The van der Waals surface area contributed by atoms with Gasteiger partial charge in [-0.1, -0.05) is 0 Å². The van der Waals surface area contributed by atoms with E-state index >= 15 is 0 Å². The molecule has 112 valence electrons. The van der Waals surface area contributed by atoms with Crippen LogP contribution in [0.2, 0.25) is 0 Å². The van der Waals surface area contributed by atoms with Gasteiger partial charge in [0, 0.05) is 45.8 Å². The summed E-state index contributed by atoms with van der Waals surface area (Å²) < 4.78 is 3.29. The van der Waals surface area contributed by atoms with E-state index in [2.05, 4.69) is 55.3 Å². The van der Waals surface area contributed by atoms with Crippen molar-refractivity contribution in [3.63, 3.8) is 0 Å². The number of thiazole rings is 1. The SMILES string of the molecule is CC(N)Cc1c(N(C)Cc2cc(Br)cs2)nc2sccn12. The molecule has 21 heavy (non-hydrogen) atoms. The van der Waals surface area contributed by atoms with Gasteiger partial charge in [0.2, 0.25) is 0 Å². The predicted octanol–water partition coefficient (Wildman–Crippen LogP) is 3.75. The number of aromatic nitrogens is 2. The van der Waals surface area contributed by atoms with Crippen LogP contribution in [-0.2, 0) is 13.0 Å². The van der Waals surface area contributed by atoms with E-state index in [-0.39, 0.29) is 6.04 Å². The van der Waals surface area contributed by atoms with Gasteiger partial charge >= 0.3 is 0 Å². The Morgan fingerprint density at radius 1 is 1.48 bits per heavy atom. The van der Waals surface area contributed by atoms with Gasteiger partial charge in [-0.2, -0.15) is 0 Å². The fourth-order valence-electron chi connectivity index (χ4n) is 2.37. The van der Waals surface area contributed by atoms with Crippen LogP contribution in [0.15, 0.2) is 27.5 Å². The van der Waals surface area contributed by atoms with E-state index in [0.29, 0.717) is 0 Å². The first-order chi connectivity index (χ1) is 10.0. The lowest BCUT2D eigenvalue weighted by Gasteiger charge is -2.18. The molecule has 0 bridgehead atoms. The lowest BCUT2D eigenvalue weighted by molar-refractivity contribution is 0.714. The van der Waals surface area contributed by atoms with Gasteiger partial charge in [-0.3, -0.25) is 4.40 Å². The summed E-state index contributed by atoms with van der Waals surface area (Å²) in [5.74, 6) is 1.03. The van der Waals surface area contributed by atoms with Gasteiger partial charge in [0.15, 0.2) is 10.8 Å². The number of anilines is 1. The zero-order chi connectivity index (χ0) is 15.0. The summed E-state index contributed by atoms with van der Waals surface area (Å²) in [6.45, 7) is 2.89. The third-order valence-corrected chi connectivity index (χ3v) is 5.67. The van der Waals surface area contributed by atoms with Gasteiger partial charge in [0.1, 0.15) is 0 Å². The summed E-state index contributed by atoms with van der Waals surface area (Å²) in [4.78, 5) is 9.32. The van der Waals surface area contributed by atoms with E-state index in [0.717, 1.165) is 28.2 Å². The maximum Gasteiger partial charge on any atom is 0.195 e. The molecular formula is C14H17BrN4S2. The Bertz CT molecular complexity index is 743. The third kappa shape index (κ3) is 3.15. The fraction of sp³-hybridized carbons (Fsp3) is 0.357. The van der Waals surface area contributed by atoms with Crippen LogP contribution < -0.4 is 10.6 Å². The van der Waals surface area contributed by atoms with Crippen molar-refractivity contribution >= 4 is 49.4 Å². The molecule has 3 heterocycles. The molecule has 3 rings (SSSR count). The molecule has 7 heteroatoms. The molecule has 3 aromatic heterocycles. The Labute approximate surface area is 140 Å². The number of thiophene rings is 1. The van der Waals surface area contributed by atoms with Crippen LogP contribution >= 0.6 is 38.6 Å². The monoisotopic (exact) mass is 384 g/mol. The molecule has 4 nitrogen and oxygen atoms in total. The van der Waals surface area contributed by atoms with Crippen LogP contribution in [0.1, 0.15) is 17.5 Å². The summed E-state index contributed by atoms with van der Waals surface area (Å²) in [6, 6.07) is 2.28. The van der Waals surface area contributed by atoms with Crippen LogP contribution in [0.3, 0.4) is 0 Å². The van der Waals surface area contributed by atoms with Gasteiger partial charge in [-0.05, 0) is 28.9 Å². The summed E-state index contributed by atoms with van der Waals surface area (Å²) in [7, 11) is 2.09. The number of fused-ring (bicyclic) bond motifs is 1. The Kier molecular flexibility index (Phi) is 4.35. The summed E-state index contributed by atoms with van der Waals surface area (Å²) >= 11 is 6.92. The average Bonchev–Trinajstić information content (AvgIpc) is 3.07. The second-order valence-corrected chi connectivity index (χ2v) is 7.99. The maximum absolute atomic E-state index is 6.01. The Hall–Kier alpha value is -0.890. The Balaban J connectivity index is 1.92. The van der Waals surface area contributed by atoms with Gasteiger partial charge in [-0.25, -0.2) is 4.98 Å². The molecule has 0 aliphatic rings. The highest BCUT2D eigenvalue weighted by Gasteiger charge is 2.18. The molecule has 0 saturated heterocycles. The fourth-order valence-corrected chi connectivity index (χ4v) is 4.60. The number of imidazole rings is 1. The minimum absolute atomic E-state index is 0.118. The van der Waals surface area contributed by atoms with Crippen molar-refractivity contribution in [2.45, 2.75) is 25.9 Å². The van der Waals surface area contributed by atoms with Crippen molar-refractivity contribution in [1.82, 2.24) is 9.38 Å². The number of rotatable bonds is 5. The molecule has 0 radical (unpaired) electrons. The van der Waals surface area contributed by atoms with E-state index in [9.17, 15) is 0 Å². The molecular weight excluding hydrogens is 368 g/mol. The van der Waals surface area contributed by atoms with Crippen LogP contribution in [-0.4, -0.2) is 22.5 Å². The number of halogens is 1. The van der Waals surface area contributed by atoms with Crippen LogP contribution in [0.5, 0.6) is 0 Å². The molecule has 1 unspecified atom stereocenters. The topological polar surface area (TPSA) is 46.6 Å². The molecule has 2 N–H and O–H groups in total. The van der Waals surface area contributed by atoms with Gasteiger partial charge in [0.25, 0.3) is 0 Å². The van der Waals surface area contributed by atoms with Gasteiger partial charge in [-0.15, -0.1) is 22.7 Å². The maximum atomic E-state index is 6.01. The molecule has 0 spiro atoms. The second kappa shape index (κ2) is 6.08. The van der Waals surface area contributed by atoms with Crippen molar-refractivity contribution in [2.24, 2.45) is 5.73 Å². The lowest BCUT2D eigenvalue weighted by Crippen LogP contribution is -2.22. The minimum Gasteiger partial charge on any atom is -0.353 e. The zero-order valence-corrected chi connectivity index (χ0v) is 15.1. The molecule has 0 fully saturated rings. The first-order valence-corrected chi connectivity index (χ1v) is 9.24. The van der Waals surface area contributed by atoms with Crippen LogP contribution in [0, 0.1) is 0 Å². The average molecular weight is 385 g/mol. The zero-order valence-electron chi connectivity index (χ0n) is 11.9. The molecule has 0 aliphatic carbocycles. The summed E-state index contributed by atoms with van der Waals surface area (Å²) in [5, 5.41) is 4.17. The molecule has 3 aromatic rings. The largest absolute Gasteiger partial charge is 0.353 e. The Morgan fingerprint density at radius 2 is 2.29 bits per heavy atom. The first kappa shape index (κ1) is 15.0. The Morgan fingerprint density at radius 3 is 2.95 bits per heavy atom. The number of nitrogens with two attached hydrogens (primary N) is 1. The highest BCUT2D eigenvalue weighted by atomic mass is 79.9. The summed E-state index contributed by atoms with van der Waals surface area (Å²) in [5.41, 5.74) is 7.20. The van der Waals surface area contributed by atoms with Gasteiger partial charge < -0.3 is 10.6 Å².